The molecule has 0 N–H and O–H groups in total. The molecule has 0 unspecified atom stereocenters. The number of methoxy groups -OCH3 is 1. The van der Waals surface area contributed by atoms with Crippen LogP contribution in [0.25, 0.3) is 6.08 Å². The molecular formula is C31H25F2IN2O5S. The molecule has 7 nitrogen and oxygen atoms in total. The van der Waals surface area contributed by atoms with E-state index in [1.165, 1.54) is 47.3 Å². The highest BCUT2D eigenvalue weighted by molar-refractivity contribution is 14.1. The topological polar surface area (TPSA) is 79.1 Å². The fourth-order valence-corrected chi connectivity index (χ4v) is 6.43. The van der Waals surface area contributed by atoms with E-state index in [0.29, 0.717) is 37.7 Å². The number of fused-ring (bicyclic) bond motifs is 1. The Labute approximate surface area is 257 Å². The van der Waals surface area contributed by atoms with Crippen LogP contribution in [0.15, 0.2) is 81.7 Å². The largest absolute Gasteiger partial charge is 0.493 e. The summed E-state index contributed by atoms with van der Waals surface area (Å²) in [5, 5.41) is 0. The Morgan fingerprint density at radius 1 is 1.10 bits per heavy atom. The smallest absolute Gasteiger partial charge is 0.338 e. The van der Waals surface area contributed by atoms with E-state index >= 15 is 0 Å². The van der Waals surface area contributed by atoms with Crippen molar-refractivity contribution in [1.29, 1.82) is 0 Å². The van der Waals surface area contributed by atoms with Crippen LogP contribution in [0.2, 0.25) is 0 Å². The maximum atomic E-state index is 13.8. The Morgan fingerprint density at radius 3 is 2.40 bits per heavy atom. The van der Waals surface area contributed by atoms with E-state index in [2.05, 4.69) is 27.6 Å². The maximum Gasteiger partial charge on any atom is 0.338 e. The van der Waals surface area contributed by atoms with Crippen LogP contribution < -0.4 is 24.4 Å². The van der Waals surface area contributed by atoms with Crippen LogP contribution in [0.1, 0.15) is 36.6 Å². The summed E-state index contributed by atoms with van der Waals surface area (Å²) in [5.41, 5.74) is 2.34. The summed E-state index contributed by atoms with van der Waals surface area (Å²) >= 11 is 3.32. The zero-order valence-corrected chi connectivity index (χ0v) is 25.8. The van der Waals surface area contributed by atoms with Crippen molar-refractivity contribution in [1.82, 2.24) is 4.57 Å². The van der Waals surface area contributed by atoms with E-state index in [-0.39, 0.29) is 30.2 Å². The molecule has 0 amide bonds. The van der Waals surface area contributed by atoms with Gasteiger partial charge in [-0.25, -0.2) is 18.6 Å². The number of ether oxygens (including phenoxy) is 3. The zero-order chi connectivity index (χ0) is 30.0. The van der Waals surface area contributed by atoms with Crippen LogP contribution in [0.5, 0.6) is 11.5 Å². The van der Waals surface area contributed by atoms with Gasteiger partial charge in [-0.15, -0.1) is 0 Å². The summed E-state index contributed by atoms with van der Waals surface area (Å²) < 4.78 is 46.5. The van der Waals surface area contributed by atoms with Gasteiger partial charge in [0.1, 0.15) is 18.2 Å². The van der Waals surface area contributed by atoms with E-state index in [1.807, 2.05) is 6.07 Å². The molecule has 4 aromatic rings. The molecule has 0 aliphatic carbocycles. The first-order valence-corrected chi connectivity index (χ1v) is 14.8. The van der Waals surface area contributed by atoms with Gasteiger partial charge >= 0.3 is 5.97 Å². The van der Waals surface area contributed by atoms with Gasteiger partial charge in [-0.3, -0.25) is 9.36 Å². The molecule has 0 spiro atoms. The number of rotatable bonds is 8. The van der Waals surface area contributed by atoms with E-state index in [9.17, 15) is 18.4 Å². The minimum atomic E-state index is -0.833. The number of nitrogens with zero attached hydrogens (tertiary/aromatic N) is 2. The molecule has 0 saturated heterocycles. The van der Waals surface area contributed by atoms with E-state index in [1.54, 1.807) is 50.3 Å². The molecule has 42 heavy (non-hydrogen) atoms. The highest BCUT2D eigenvalue weighted by Gasteiger charge is 2.33. The summed E-state index contributed by atoms with van der Waals surface area (Å²) in [6.07, 6.45) is 1.73. The first-order valence-electron chi connectivity index (χ1n) is 12.9. The molecule has 0 radical (unpaired) electrons. The summed E-state index contributed by atoms with van der Waals surface area (Å²) in [6, 6.07) is 14.5. The third-order valence-corrected chi connectivity index (χ3v) is 8.33. The van der Waals surface area contributed by atoms with Crippen molar-refractivity contribution in [2.75, 3.05) is 13.7 Å². The fraction of sp³-hybridized carbons (Fsp3) is 0.194. The molecule has 0 saturated carbocycles. The second kappa shape index (κ2) is 12.6. The predicted octanol–water partition coefficient (Wildman–Crippen LogP) is 5.27. The Hall–Kier alpha value is -3.84. The molecule has 0 bridgehead atoms. The average molecular weight is 703 g/mol. The number of halogens is 3. The van der Waals surface area contributed by atoms with E-state index in [0.717, 1.165) is 9.13 Å². The third-order valence-electron chi connectivity index (χ3n) is 6.55. The van der Waals surface area contributed by atoms with E-state index < -0.39 is 17.8 Å². The predicted molar refractivity (Wildman–Crippen MR) is 163 cm³/mol. The summed E-state index contributed by atoms with van der Waals surface area (Å²) in [5.74, 6) is -0.354. The molecule has 3 aromatic carbocycles. The van der Waals surface area contributed by atoms with Crippen molar-refractivity contribution in [2.24, 2.45) is 4.99 Å². The first-order chi connectivity index (χ1) is 20.2. The van der Waals surface area contributed by atoms with Gasteiger partial charge in [0, 0.05) is 0 Å². The standard InChI is InChI=1S/C31H25F2IN2O5S/c1-4-40-30(38)26-17(2)35-31-36(27(26)20-7-11-22(33)12-8-20)29(37)25(42-31)15-19-13-23(34)28(24(14-19)39-3)41-16-18-5-9-21(32)10-6-18/h5-15,27H,4,16H2,1-3H3/b25-15-/t27-/m0/s1. The molecule has 11 heteroatoms. The number of thiazole rings is 1. The Morgan fingerprint density at radius 2 is 1.76 bits per heavy atom. The lowest BCUT2D eigenvalue weighted by Gasteiger charge is -2.24. The van der Waals surface area contributed by atoms with Crippen molar-refractivity contribution < 1.29 is 27.8 Å². The number of aromatic nitrogens is 1. The monoisotopic (exact) mass is 702 g/mol. The first kappa shape index (κ1) is 29.6. The van der Waals surface area contributed by atoms with Gasteiger partial charge in [-0.1, -0.05) is 35.6 Å². The number of hydrogen-bond donors (Lipinski definition) is 0. The van der Waals surface area contributed by atoms with Crippen LogP contribution in [0, 0.1) is 15.2 Å². The Bertz CT molecular complexity index is 1870. The minimum Gasteiger partial charge on any atom is -0.493 e. The molecule has 1 aliphatic rings. The number of esters is 1. The normalized spacial score (nSPS) is 14.8. The van der Waals surface area contributed by atoms with Gasteiger partial charge in [-0.05, 0) is 95.6 Å². The van der Waals surface area contributed by atoms with Gasteiger partial charge in [0.05, 0.1) is 39.1 Å². The molecule has 1 aliphatic heterocycles. The molecule has 216 valence electrons. The number of carbonyl (C=O) groups excluding carboxylic acids is 1. The highest BCUT2D eigenvalue weighted by Crippen LogP contribution is 2.35. The second-order valence-electron chi connectivity index (χ2n) is 9.30. The number of benzene rings is 3. The molecule has 5 rings (SSSR count). The lowest BCUT2D eigenvalue weighted by Crippen LogP contribution is -2.39. The van der Waals surface area contributed by atoms with Gasteiger partial charge in [0.25, 0.3) is 5.56 Å². The maximum absolute atomic E-state index is 13.8. The Kier molecular flexibility index (Phi) is 8.88. The number of carbonyl (C=O) groups is 1. The van der Waals surface area contributed by atoms with E-state index in [4.69, 9.17) is 14.2 Å². The van der Waals surface area contributed by atoms with Crippen LogP contribution in [0.3, 0.4) is 0 Å². The van der Waals surface area contributed by atoms with Crippen LogP contribution in [-0.4, -0.2) is 24.3 Å². The molecule has 1 aromatic heterocycles. The fourth-order valence-electron chi connectivity index (χ4n) is 4.60. The highest BCUT2D eigenvalue weighted by atomic mass is 127. The van der Waals surface area contributed by atoms with Crippen molar-refractivity contribution >= 4 is 46.0 Å². The molecule has 0 fully saturated rings. The van der Waals surface area contributed by atoms with Gasteiger partial charge in [-0.2, -0.15) is 0 Å². The van der Waals surface area contributed by atoms with Gasteiger partial charge in [0.15, 0.2) is 16.3 Å². The van der Waals surface area contributed by atoms with Crippen LogP contribution >= 0.6 is 33.9 Å². The third kappa shape index (κ3) is 6.02. The molecular weight excluding hydrogens is 677 g/mol. The SMILES string of the molecule is CCOC(=O)C1=C(C)N=c2s/c(=C\c3cc(I)c(OCc4ccc(F)cc4)c(OC)c3)c(=O)n2[C@H]1c1ccc(F)cc1. The minimum absolute atomic E-state index is 0.153. The quantitative estimate of drug-likeness (QED) is 0.185. The summed E-state index contributed by atoms with van der Waals surface area (Å²) in [6.45, 7) is 3.76. The van der Waals surface area contributed by atoms with Crippen molar-refractivity contribution in [2.45, 2.75) is 26.5 Å². The summed E-state index contributed by atoms with van der Waals surface area (Å²) in [7, 11) is 1.52. The number of hydrogen-bond acceptors (Lipinski definition) is 7. The van der Waals surface area contributed by atoms with Crippen molar-refractivity contribution in [3.63, 3.8) is 0 Å². The molecule has 1 atom stereocenters. The van der Waals surface area contributed by atoms with Crippen molar-refractivity contribution in [3.05, 3.63) is 124 Å². The Balaban J connectivity index is 1.56. The van der Waals surface area contributed by atoms with Crippen molar-refractivity contribution in [3.8, 4) is 11.5 Å². The second-order valence-corrected chi connectivity index (χ2v) is 11.5. The van der Waals surface area contributed by atoms with Gasteiger partial charge < -0.3 is 14.2 Å². The van der Waals surface area contributed by atoms with Crippen LogP contribution in [0.4, 0.5) is 8.78 Å². The zero-order valence-electron chi connectivity index (χ0n) is 22.8. The van der Waals surface area contributed by atoms with Gasteiger partial charge in [0.2, 0.25) is 0 Å². The molecule has 2 heterocycles. The van der Waals surface area contributed by atoms with Crippen LogP contribution in [-0.2, 0) is 16.1 Å². The average Bonchev–Trinajstić information content (AvgIpc) is 3.26. The number of allylic oxidation sites excluding steroid dienone is 1. The lowest BCUT2D eigenvalue weighted by molar-refractivity contribution is -0.139. The summed E-state index contributed by atoms with van der Waals surface area (Å²) in [4.78, 5) is 31.8. The lowest BCUT2D eigenvalue weighted by atomic mass is 9.96.